The van der Waals surface area contributed by atoms with Crippen LogP contribution in [0.5, 0.6) is 0 Å². The molecule has 0 radical (unpaired) electrons. The van der Waals surface area contributed by atoms with Gasteiger partial charge in [0.15, 0.2) is 5.78 Å². The summed E-state index contributed by atoms with van der Waals surface area (Å²) in [5, 5.41) is 1.49. The summed E-state index contributed by atoms with van der Waals surface area (Å²) in [7, 11) is 0. The quantitative estimate of drug-likeness (QED) is 0.664. The van der Waals surface area contributed by atoms with Crippen molar-refractivity contribution in [1.82, 2.24) is 4.98 Å². The lowest BCUT2D eigenvalue weighted by atomic mass is 9.97. The van der Waals surface area contributed by atoms with Crippen molar-refractivity contribution in [2.45, 2.75) is 6.92 Å². The molecule has 1 heterocycles. The molecule has 0 saturated heterocycles. The normalized spacial score (nSPS) is 10.8. The van der Waals surface area contributed by atoms with E-state index in [0.717, 1.165) is 11.5 Å². The second-order valence-electron chi connectivity index (χ2n) is 4.81. The number of carbonyl (C=O) groups excluding carboxylic acids is 1. The summed E-state index contributed by atoms with van der Waals surface area (Å²) in [6.07, 6.45) is 3.21. The third kappa shape index (κ3) is 2.29. The molecule has 3 rings (SSSR count). The van der Waals surface area contributed by atoms with Crippen LogP contribution in [0.3, 0.4) is 0 Å². The summed E-state index contributed by atoms with van der Waals surface area (Å²) in [5.41, 5.74) is 0.486. The first kappa shape index (κ1) is 13.4. The molecule has 0 spiro atoms. The fourth-order valence-electron chi connectivity index (χ4n) is 2.30. The number of ketones is 1. The van der Waals surface area contributed by atoms with E-state index < -0.39 is 17.4 Å². The van der Waals surface area contributed by atoms with Crippen LogP contribution in [0.4, 0.5) is 8.78 Å². The molecule has 21 heavy (non-hydrogen) atoms. The lowest BCUT2D eigenvalue weighted by molar-refractivity contribution is 0.103. The number of benzene rings is 2. The van der Waals surface area contributed by atoms with Gasteiger partial charge < -0.3 is 0 Å². The molecule has 0 fully saturated rings. The second kappa shape index (κ2) is 5.05. The summed E-state index contributed by atoms with van der Waals surface area (Å²) >= 11 is 0. The van der Waals surface area contributed by atoms with Crippen LogP contribution in [-0.2, 0) is 0 Å². The van der Waals surface area contributed by atoms with E-state index in [-0.39, 0.29) is 11.1 Å². The summed E-state index contributed by atoms with van der Waals surface area (Å²) in [6.45, 7) is 1.50. The van der Waals surface area contributed by atoms with Gasteiger partial charge in [-0.1, -0.05) is 18.2 Å². The molecule has 4 heteroatoms. The zero-order valence-electron chi connectivity index (χ0n) is 11.2. The predicted molar refractivity (Wildman–Crippen MR) is 76.3 cm³/mol. The zero-order valence-corrected chi connectivity index (χ0v) is 11.2. The third-order valence-electron chi connectivity index (χ3n) is 3.42. The van der Waals surface area contributed by atoms with Gasteiger partial charge in [0.25, 0.3) is 0 Å². The molecule has 2 nitrogen and oxygen atoms in total. The SMILES string of the molecule is Cc1cc(C(=O)c2cccc3cnccc23)c(F)cc1F. The average Bonchev–Trinajstić information content (AvgIpc) is 2.49. The highest BCUT2D eigenvalue weighted by Gasteiger charge is 2.18. The fraction of sp³-hybridized carbons (Fsp3) is 0.0588. The largest absolute Gasteiger partial charge is 0.288 e. The monoisotopic (exact) mass is 283 g/mol. The summed E-state index contributed by atoms with van der Waals surface area (Å²) in [4.78, 5) is 16.6. The number of hydrogen-bond acceptors (Lipinski definition) is 2. The highest BCUT2D eigenvalue weighted by atomic mass is 19.1. The van der Waals surface area contributed by atoms with Crippen molar-refractivity contribution in [2.75, 3.05) is 0 Å². The molecular formula is C17H11F2NO. The first-order valence-corrected chi connectivity index (χ1v) is 6.41. The lowest BCUT2D eigenvalue weighted by Crippen LogP contribution is -2.06. The van der Waals surface area contributed by atoms with Crippen LogP contribution >= 0.6 is 0 Å². The average molecular weight is 283 g/mol. The Labute approximate surface area is 120 Å². The number of hydrogen-bond donors (Lipinski definition) is 0. The predicted octanol–water partition coefficient (Wildman–Crippen LogP) is 4.05. The van der Waals surface area contributed by atoms with Gasteiger partial charge in [-0.3, -0.25) is 9.78 Å². The standard InChI is InChI=1S/C17H11F2NO/c1-10-7-14(16(19)8-15(10)18)17(21)13-4-2-3-11-9-20-6-5-12(11)13/h2-9H,1H3. The maximum Gasteiger partial charge on any atom is 0.196 e. The lowest BCUT2D eigenvalue weighted by Gasteiger charge is -2.08. The maximum absolute atomic E-state index is 13.9. The Kier molecular flexibility index (Phi) is 3.22. The number of aryl methyl sites for hydroxylation is 1. The minimum atomic E-state index is -0.853. The summed E-state index contributed by atoms with van der Waals surface area (Å²) in [6, 6.07) is 8.86. The minimum absolute atomic E-state index is 0.127. The molecular weight excluding hydrogens is 272 g/mol. The highest BCUT2D eigenvalue weighted by molar-refractivity contribution is 6.16. The molecule has 1 aromatic heterocycles. The van der Waals surface area contributed by atoms with Gasteiger partial charge >= 0.3 is 0 Å². The van der Waals surface area contributed by atoms with Gasteiger partial charge in [0.2, 0.25) is 0 Å². The van der Waals surface area contributed by atoms with E-state index in [4.69, 9.17) is 0 Å². The molecule has 0 bridgehead atoms. The Bertz CT molecular complexity index is 853. The molecule has 0 aliphatic heterocycles. The van der Waals surface area contributed by atoms with Crippen LogP contribution in [0.15, 0.2) is 48.8 Å². The zero-order chi connectivity index (χ0) is 15.0. The molecule has 0 amide bonds. The molecule has 104 valence electrons. The van der Waals surface area contributed by atoms with E-state index in [2.05, 4.69) is 4.98 Å². The van der Waals surface area contributed by atoms with E-state index in [0.29, 0.717) is 10.9 Å². The number of fused-ring (bicyclic) bond motifs is 1. The van der Waals surface area contributed by atoms with Gasteiger partial charge in [0.05, 0.1) is 5.56 Å². The van der Waals surface area contributed by atoms with E-state index in [1.54, 1.807) is 30.6 Å². The van der Waals surface area contributed by atoms with Crippen molar-refractivity contribution in [1.29, 1.82) is 0 Å². The number of pyridine rings is 1. The van der Waals surface area contributed by atoms with Crippen molar-refractivity contribution >= 4 is 16.6 Å². The maximum atomic E-state index is 13.9. The second-order valence-corrected chi connectivity index (χ2v) is 4.81. The third-order valence-corrected chi connectivity index (χ3v) is 3.42. The van der Waals surface area contributed by atoms with Crippen LogP contribution in [0.25, 0.3) is 10.8 Å². The number of rotatable bonds is 2. The smallest absolute Gasteiger partial charge is 0.196 e. The molecule has 0 aliphatic rings. The van der Waals surface area contributed by atoms with Crippen LogP contribution in [0, 0.1) is 18.6 Å². The van der Waals surface area contributed by atoms with Crippen LogP contribution in [0.1, 0.15) is 21.5 Å². The van der Waals surface area contributed by atoms with Crippen LogP contribution in [-0.4, -0.2) is 10.8 Å². The number of nitrogens with zero attached hydrogens (tertiary/aromatic N) is 1. The number of halogens is 2. The molecule has 0 aliphatic carbocycles. The first-order valence-electron chi connectivity index (χ1n) is 6.41. The fourth-order valence-corrected chi connectivity index (χ4v) is 2.30. The topological polar surface area (TPSA) is 30.0 Å². The molecule has 2 aromatic carbocycles. The number of carbonyl (C=O) groups is 1. The van der Waals surface area contributed by atoms with E-state index >= 15 is 0 Å². The van der Waals surface area contributed by atoms with E-state index in [1.807, 2.05) is 6.07 Å². The Balaban J connectivity index is 2.20. The number of aromatic nitrogens is 1. The van der Waals surface area contributed by atoms with Gasteiger partial charge in [-0.2, -0.15) is 0 Å². The Hall–Kier alpha value is -2.62. The Morgan fingerprint density at radius 1 is 1.05 bits per heavy atom. The van der Waals surface area contributed by atoms with Gasteiger partial charge in [0.1, 0.15) is 11.6 Å². The first-order chi connectivity index (χ1) is 10.1. The highest BCUT2D eigenvalue weighted by Crippen LogP contribution is 2.23. The molecule has 0 N–H and O–H groups in total. The Morgan fingerprint density at radius 2 is 1.86 bits per heavy atom. The van der Waals surface area contributed by atoms with Crippen LogP contribution < -0.4 is 0 Å². The summed E-state index contributed by atoms with van der Waals surface area (Å²) in [5.74, 6) is -1.98. The molecule has 0 unspecified atom stereocenters. The van der Waals surface area contributed by atoms with Crippen molar-refractivity contribution in [3.63, 3.8) is 0 Å². The summed E-state index contributed by atoms with van der Waals surface area (Å²) < 4.78 is 27.2. The van der Waals surface area contributed by atoms with Crippen molar-refractivity contribution in [2.24, 2.45) is 0 Å². The van der Waals surface area contributed by atoms with Crippen molar-refractivity contribution < 1.29 is 13.6 Å². The van der Waals surface area contributed by atoms with Crippen molar-refractivity contribution in [3.05, 3.63) is 77.1 Å². The van der Waals surface area contributed by atoms with Gasteiger partial charge in [-0.15, -0.1) is 0 Å². The van der Waals surface area contributed by atoms with Gasteiger partial charge in [-0.25, -0.2) is 8.78 Å². The van der Waals surface area contributed by atoms with Crippen molar-refractivity contribution in [3.8, 4) is 0 Å². The molecule has 0 atom stereocenters. The van der Waals surface area contributed by atoms with E-state index in [1.165, 1.54) is 13.0 Å². The molecule has 3 aromatic rings. The van der Waals surface area contributed by atoms with Gasteiger partial charge in [-0.05, 0) is 30.0 Å². The van der Waals surface area contributed by atoms with Gasteiger partial charge in [0, 0.05) is 29.4 Å². The Morgan fingerprint density at radius 3 is 2.67 bits per heavy atom. The van der Waals surface area contributed by atoms with Crippen LogP contribution in [0.2, 0.25) is 0 Å². The minimum Gasteiger partial charge on any atom is -0.288 e. The van der Waals surface area contributed by atoms with E-state index in [9.17, 15) is 13.6 Å². The molecule has 0 saturated carbocycles.